The highest BCUT2D eigenvalue weighted by molar-refractivity contribution is 5.90. The number of nitrogens with zero attached hydrogens (tertiary/aromatic N) is 5. The highest BCUT2D eigenvalue weighted by Gasteiger charge is 2.18. The molecule has 0 spiro atoms. The van der Waals surface area contributed by atoms with Gasteiger partial charge in [0.1, 0.15) is 6.54 Å². The third-order valence-corrected chi connectivity index (χ3v) is 4.89. The molecule has 0 saturated carbocycles. The molecule has 0 aliphatic carbocycles. The molecule has 1 N–H and O–H groups in total. The average molecular weight is 426 g/mol. The fourth-order valence-electron chi connectivity index (χ4n) is 3.40. The molecular formula is C23H18N6O3. The van der Waals surface area contributed by atoms with Gasteiger partial charge in [-0.15, -0.1) is 5.10 Å². The number of benzene rings is 2. The number of carbonyl (C=O) groups is 1. The van der Waals surface area contributed by atoms with Crippen LogP contribution in [0.3, 0.4) is 0 Å². The number of carbonyl (C=O) groups excluding carboxylic acids is 1. The molecule has 5 rings (SSSR count). The van der Waals surface area contributed by atoms with Gasteiger partial charge < -0.3 is 9.84 Å². The van der Waals surface area contributed by atoms with E-state index < -0.39 is 5.69 Å². The summed E-state index contributed by atoms with van der Waals surface area (Å²) in [6, 6.07) is 20.3. The van der Waals surface area contributed by atoms with Crippen molar-refractivity contribution in [2.75, 3.05) is 5.32 Å². The molecule has 0 bridgehead atoms. The Balaban J connectivity index is 1.46. The molecule has 32 heavy (non-hydrogen) atoms. The summed E-state index contributed by atoms with van der Waals surface area (Å²) >= 11 is 0. The van der Waals surface area contributed by atoms with Crippen LogP contribution in [0.1, 0.15) is 5.56 Å². The predicted octanol–water partition coefficient (Wildman–Crippen LogP) is 3.16. The van der Waals surface area contributed by atoms with Crippen LogP contribution in [0, 0.1) is 6.92 Å². The fraction of sp³-hybridized carbons (Fsp3) is 0.0870. The molecule has 158 valence electrons. The van der Waals surface area contributed by atoms with E-state index in [0.717, 1.165) is 15.8 Å². The van der Waals surface area contributed by atoms with Crippen molar-refractivity contribution in [3.63, 3.8) is 0 Å². The van der Waals surface area contributed by atoms with E-state index in [-0.39, 0.29) is 18.3 Å². The zero-order valence-corrected chi connectivity index (χ0v) is 17.1. The maximum atomic E-state index is 12.8. The average Bonchev–Trinajstić information content (AvgIpc) is 3.40. The first-order chi connectivity index (χ1) is 15.6. The summed E-state index contributed by atoms with van der Waals surface area (Å²) in [6.45, 7) is 1.71. The Labute approximate surface area is 181 Å². The number of anilines is 1. The first-order valence-corrected chi connectivity index (χ1v) is 9.93. The van der Waals surface area contributed by atoms with Gasteiger partial charge in [-0.1, -0.05) is 47.6 Å². The Hall–Kier alpha value is -4.53. The smallest absolute Gasteiger partial charge is 0.333 e. The molecule has 0 aliphatic rings. The van der Waals surface area contributed by atoms with E-state index >= 15 is 0 Å². The minimum atomic E-state index is -0.441. The number of aromatic nitrogens is 5. The molecule has 3 heterocycles. The molecule has 9 heteroatoms. The van der Waals surface area contributed by atoms with Crippen LogP contribution in [0.25, 0.3) is 28.5 Å². The largest absolute Gasteiger partial charge is 0.350 e. The van der Waals surface area contributed by atoms with Crippen molar-refractivity contribution in [2.24, 2.45) is 0 Å². The molecule has 0 aliphatic heterocycles. The lowest BCUT2D eigenvalue weighted by Gasteiger charge is -2.05. The topological polar surface area (TPSA) is 107 Å². The van der Waals surface area contributed by atoms with Gasteiger partial charge in [-0.3, -0.25) is 4.79 Å². The van der Waals surface area contributed by atoms with Crippen LogP contribution in [-0.4, -0.2) is 30.2 Å². The summed E-state index contributed by atoms with van der Waals surface area (Å²) in [5, 5.41) is 11.2. The van der Waals surface area contributed by atoms with E-state index in [1.165, 1.54) is 4.40 Å². The quantitative estimate of drug-likeness (QED) is 0.463. The maximum Gasteiger partial charge on any atom is 0.350 e. The van der Waals surface area contributed by atoms with Gasteiger partial charge in [-0.05, 0) is 36.8 Å². The Bertz CT molecular complexity index is 1480. The summed E-state index contributed by atoms with van der Waals surface area (Å²) in [4.78, 5) is 29.7. The number of nitrogens with one attached hydrogen (secondary N) is 1. The molecule has 0 saturated heterocycles. The summed E-state index contributed by atoms with van der Waals surface area (Å²) in [5.41, 5.74) is 2.87. The summed E-state index contributed by atoms with van der Waals surface area (Å²) < 4.78 is 7.89. The summed E-state index contributed by atoms with van der Waals surface area (Å²) in [5.74, 6) is 0.310. The number of hydrogen-bond donors (Lipinski definition) is 1. The molecule has 0 radical (unpaired) electrons. The van der Waals surface area contributed by atoms with Gasteiger partial charge in [0.15, 0.2) is 5.65 Å². The second-order valence-electron chi connectivity index (χ2n) is 7.26. The van der Waals surface area contributed by atoms with E-state index in [0.29, 0.717) is 22.7 Å². The van der Waals surface area contributed by atoms with E-state index in [1.54, 1.807) is 24.4 Å². The first-order valence-electron chi connectivity index (χ1n) is 9.93. The van der Waals surface area contributed by atoms with Crippen LogP contribution in [-0.2, 0) is 11.3 Å². The number of pyridine rings is 1. The minimum absolute atomic E-state index is 0.229. The zero-order valence-electron chi connectivity index (χ0n) is 17.1. The van der Waals surface area contributed by atoms with Crippen molar-refractivity contribution in [3.05, 3.63) is 89.0 Å². The van der Waals surface area contributed by atoms with E-state index in [2.05, 4.69) is 20.6 Å². The zero-order chi connectivity index (χ0) is 22.1. The monoisotopic (exact) mass is 426 g/mol. The van der Waals surface area contributed by atoms with Gasteiger partial charge in [0, 0.05) is 17.4 Å². The molecule has 1 amide bonds. The van der Waals surface area contributed by atoms with Gasteiger partial charge in [0.05, 0.1) is 5.56 Å². The fourth-order valence-corrected chi connectivity index (χ4v) is 3.40. The maximum absolute atomic E-state index is 12.8. The van der Waals surface area contributed by atoms with Crippen molar-refractivity contribution >= 4 is 17.2 Å². The highest BCUT2D eigenvalue weighted by atomic mass is 16.5. The van der Waals surface area contributed by atoms with Gasteiger partial charge in [0.25, 0.3) is 5.89 Å². The Kier molecular flexibility index (Phi) is 4.83. The molecular weight excluding hydrogens is 408 g/mol. The number of fused-ring (bicyclic) bond motifs is 1. The van der Waals surface area contributed by atoms with Crippen molar-refractivity contribution < 1.29 is 9.32 Å². The second-order valence-corrected chi connectivity index (χ2v) is 7.26. The number of rotatable bonds is 5. The van der Waals surface area contributed by atoms with Crippen LogP contribution < -0.4 is 11.0 Å². The van der Waals surface area contributed by atoms with Gasteiger partial charge >= 0.3 is 5.69 Å². The van der Waals surface area contributed by atoms with Crippen LogP contribution in [0.5, 0.6) is 0 Å². The Morgan fingerprint density at radius 1 is 1.06 bits per heavy atom. The molecule has 0 fully saturated rings. The van der Waals surface area contributed by atoms with Crippen LogP contribution >= 0.6 is 0 Å². The summed E-state index contributed by atoms with van der Waals surface area (Å²) in [7, 11) is 0. The van der Waals surface area contributed by atoms with Gasteiger partial charge in [-0.25, -0.2) is 13.9 Å². The third-order valence-electron chi connectivity index (χ3n) is 4.89. The third kappa shape index (κ3) is 3.67. The van der Waals surface area contributed by atoms with Crippen molar-refractivity contribution in [1.29, 1.82) is 0 Å². The number of amides is 1. The minimum Gasteiger partial charge on any atom is -0.333 e. The molecule has 5 aromatic rings. The van der Waals surface area contributed by atoms with E-state index in [9.17, 15) is 9.59 Å². The molecule has 9 nitrogen and oxygen atoms in total. The molecule has 0 unspecified atom stereocenters. The van der Waals surface area contributed by atoms with Crippen molar-refractivity contribution in [3.8, 4) is 22.8 Å². The Morgan fingerprint density at radius 3 is 2.72 bits per heavy atom. The lowest BCUT2D eigenvalue weighted by molar-refractivity contribution is -0.117. The second kappa shape index (κ2) is 7.95. The van der Waals surface area contributed by atoms with E-state index in [4.69, 9.17) is 4.52 Å². The molecule has 3 aromatic heterocycles. The lowest BCUT2D eigenvalue weighted by Crippen LogP contribution is -2.28. The number of aryl methyl sites for hydroxylation is 1. The van der Waals surface area contributed by atoms with Crippen LogP contribution in [0.4, 0.5) is 5.69 Å². The van der Waals surface area contributed by atoms with Crippen molar-refractivity contribution in [2.45, 2.75) is 13.5 Å². The predicted molar refractivity (Wildman–Crippen MR) is 118 cm³/mol. The van der Waals surface area contributed by atoms with Crippen LogP contribution in [0.15, 0.2) is 82.2 Å². The van der Waals surface area contributed by atoms with Crippen molar-refractivity contribution in [1.82, 2.24) is 24.3 Å². The van der Waals surface area contributed by atoms with E-state index in [1.807, 2.05) is 55.5 Å². The first kappa shape index (κ1) is 19.4. The highest BCUT2D eigenvalue weighted by Crippen LogP contribution is 2.24. The molecule has 2 aromatic carbocycles. The standard InChI is InChI=1S/C23H18N6O3/c1-15-7-5-10-17(13-15)24-19(30)14-29-23(31)28-12-6-11-18(21(28)26-29)22-25-20(27-32-22)16-8-3-2-4-9-16/h2-13H,14H2,1H3,(H,24,30). The normalized spacial score (nSPS) is 11.0. The number of hydrogen-bond acceptors (Lipinski definition) is 6. The SMILES string of the molecule is Cc1cccc(NC(=O)Cn2nc3c(-c4nc(-c5ccccc5)no4)cccn3c2=O)c1. The Morgan fingerprint density at radius 2 is 1.91 bits per heavy atom. The van der Waals surface area contributed by atoms with Crippen LogP contribution in [0.2, 0.25) is 0 Å². The van der Waals surface area contributed by atoms with Gasteiger partial charge in [-0.2, -0.15) is 4.98 Å². The molecule has 0 atom stereocenters. The lowest BCUT2D eigenvalue weighted by atomic mass is 10.2. The van der Waals surface area contributed by atoms with Gasteiger partial charge in [0.2, 0.25) is 11.7 Å². The summed E-state index contributed by atoms with van der Waals surface area (Å²) in [6.07, 6.45) is 1.58.